The SMILES string of the molecule is CCOCC(C)NC(=O)NCC(C)(C)C(=O)O. The topological polar surface area (TPSA) is 87.7 Å². The number of hydrogen-bond donors (Lipinski definition) is 3. The summed E-state index contributed by atoms with van der Waals surface area (Å²) in [6.45, 7) is 7.92. The van der Waals surface area contributed by atoms with Crippen LogP contribution in [0.1, 0.15) is 27.7 Å². The maximum absolute atomic E-state index is 11.4. The number of hydrogen-bond acceptors (Lipinski definition) is 3. The van der Waals surface area contributed by atoms with E-state index in [1.807, 2.05) is 13.8 Å². The summed E-state index contributed by atoms with van der Waals surface area (Å²) < 4.78 is 5.14. The van der Waals surface area contributed by atoms with Gasteiger partial charge in [0.05, 0.1) is 18.1 Å². The molecule has 0 fully saturated rings. The molecule has 0 aliphatic rings. The molecule has 2 amide bonds. The van der Waals surface area contributed by atoms with Crippen LogP contribution in [0.4, 0.5) is 4.79 Å². The number of carbonyl (C=O) groups is 2. The minimum Gasteiger partial charge on any atom is -0.481 e. The van der Waals surface area contributed by atoms with Crippen molar-refractivity contribution in [3.63, 3.8) is 0 Å². The maximum Gasteiger partial charge on any atom is 0.315 e. The molecule has 17 heavy (non-hydrogen) atoms. The number of carbonyl (C=O) groups excluding carboxylic acids is 1. The highest BCUT2D eigenvalue weighted by Crippen LogP contribution is 2.12. The van der Waals surface area contributed by atoms with Crippen LogP contribution in [0.2, 0.25) is 0 Å². The summed E-state index contributed by atoms with van der Waals surface area (Å²) in [7, 11) is 0. The summed E-state index contributed by atoms with van der Waals surface area (Å²) >= 11 is 0. The molecule has 0 aliphatic heterocycles. The van der Waals surface area contributed by atoms with Gasteiger partial charge in [-0.25, -0.2) is 4.79 Å². The maximum atomic E-state index is 11.4. The van der Waals surface area contributed by atoms with Crippen LogP contribution in [0.3, 0.4) is 0 Å². The molecule has 0 bridgehead atoms. The van der Waals surface area contributed by atoms with Crippen LogP contribution in [0.25, 0.3) is 0 Å². The zero-order chi connectivity index (χ0) is 13.5. The summed E-state index contributed by atoms with van der Waals surface area (Å²) in [6, 6.07) is -0.491. The van der Waals surface area contributed by atoms with Gasteiger partial charge in [0.25, 0.3) is 0 Å². The highest BCUT2D eigenvalue weighted by Gasteiger charge is 2.27. The molecule has 0 aromatic rings. The molecule has 0 radical (unpaired) electrons. The summed E-state index contributed by atoms with van der Waals surface area (Å²) in [5.41, 5.74) is -0.972. The Labute approximate surface area is 102 Å². The fraction of sp³-hybridized carbons (Fsp3) is 0.818. The minimum atomic E-state index is -0.972. The van der Waals surface area contributed by atoms with Crippen molar-refractivity contribution in [1.82, 2.24) is 10.6 Å². The Hall–Kier alpha value is -1.30. The van der Waals surface area contributed by atoms with Gasteiger partial charge in [-0.3, -0.25) is 4.79 Å². The molecule has 0 saturated heterocycles. The van der Waals surface area contributed by atoms with Crippen molar-refractivity contribution in [2.24, 2.45) is 5.41 Å². The Morgan fingerprint density at radius 2 is 2.00 bits per heavy atom. The second-order valence-electron chi connectivity index (χ2n) is 4.58. The smallest absolute Gasteiger partial charge is 0.315 e. The second kappa shape index (κ2) is 7.11. The van der Waals surface area contributed by atoms with Gasteiger partial charge in [0, 0.05) is 13.2 Å². The fourth-order valence-corrected chi connectivity index (χ4v) is 0.988. The Balaban J connectivity index is 3.91. The molecule has 0 spiro atoms. The van der Waals surface area contributed by atoms with Crippen LogP contribution in [-0.4, -0.2) is 42.9 Å². The first-order chi connectivity index (χ1) is 7.79. The lowest BCUT2D eigenvalue weighted by Crippen LogP contribution is -2.47. The normalized spacial score (nSPS) is 12.9. The third-order valence-electron chi connectivity index (χ3n) is 2.22. The van der Waals surface area contributed by atoms with Crippen molar-refractivity contribution in [3.8, 4) is 0 Å². The lowest BCUT2D eigenvalue weighted by molar-refractivity contribution is -0.146. The zero-order valence-electron chi connectivity index (χ0n) is 10.9. The van der Waals surface area contributed by atoms with E-state index in [0.29, 0.717) is 13.2 Å². The molecule has 3 N–H and O–H groups in total. The van der Waals surface area contributed by atoms with Crippen molar-refractivity contribution in [3.05, 3.63) is 0 Å². The number of nitrogens with one attached hydrogen (secondary N) is 2. The summed E-state index contributed by atoms with van der Waals surface area (Å²) in [4.78, 5) is 22.2. The lowest BCUT2D eigenvalue weighted by Gasteiger charge is -2.21. The first kappa shape index (κ1) is 15.7. The monoisotopic (exact) mass is 246 g/mol. The molecule has 1 unspecified atom stereocenters. The van der Waals surface area contributed by atoms with Crippen LogP contribution >= 0.6 is 0 Å². The quantitative estimate of drug-likeness (QED) is 0.620. The van der Waals surface area contributed by atoms with Gasteiger partial charge in [-0.15, -0.1) is 0 Å². The Morgan fingerprint density at radius 3 is 2.47 bits per heavy atom. The minimum absolute atomic E-state index is 0.0789. The van der Waals surface area contributed by atoms with Crippen LogP contribution < -0.4 is 10.6 Å². The van der Waals surface area contributed by atoms with Crippen molar-refractivity contribution in [1.29, 1.82) is 0 Å². The standard InChI is InChI=1S/C11H22N2O4/c1-5-17-6-8(2)13-10(16)12-7-11(3,4)9(14)15/h8H,5-7H2,1-4H3,(H,14,15)(H2,12,13,16). The van der Waals surface area contributed by atoms with Crippen molar-refractivity contribution < 1.29 is 19.4 Å². The van der Waals surface area contributed by atoms with Crippen molar-refractivity contribution in [2.45, 2.75) is 33.7 Å². The molecule has 100 valence electrons. The average molecular weight is 246 g/mol. The van der Waals surface area contributed by atoms with E-state index in [4.69, 9.17) is 9.84 Å². The van der Waals surface area contributed by atoms with Crippen molar-refractivity contribution in [2.75, 3.05) is 19.8 Å². The molecule has 0 rings (SSSR count). The van der Waals surface area contributed by atoms with Crippen LogP contribution in [0.15, 0.2) is 0 Å². The van der Waals surface area contributed by atoms with Gasteiger partial charge >= 0.3 is 12.0 Å². The molecule has 6 heteroatoms. The molecule has 0 heterocycles. The molecular weight excluding hydrogens is 224 g/mol. The first-order valence-electron chi connectivity index (χ1n) is 5.65. The third kappa shape index (κ3) is 6.78. The second-order valence-corrected chi connectivity index (χ2v) is 4.58. The number of urea groups is 1. The van der Waals surface area contributed by atoms with Gasteiger partial charge in [0.2, 0.25) is 0 Å². The van der Waals surface area contributed by atoms with Crippen LogP contribution in [-0.2, 0) is 9.53 Å². The van der Waals surface area contributed by atoms with Gasteiger partial charge in [0.15, 0.2) is 0 Å². The molecule has 1 atom stereocenters. The molecule has 6 nitrogen and oxygen atoms in total. The predicted molar refractivity (Wildman–Crippen MR) is 63.9 cm³/mol. The number of carboxylic acid groups (broad SMARTS) is 1. The lowest BCUT2D eigenvalue weighted by atomic mass is 9.94. The molecule has 0 saturated carbocycles. The largest absolute Gasteiger partial charge is 0.481 e. The number of carboxylic acids is 1. The average Bonchev–Trinajstić information content (AvgIpc) is 2.23. The van der Waals surface area contributed by atoms with Gasteiger partial charge < -0.3 is 20.5 Å². The van der Waals surface area contributed by atoms with E-state index in [-0.39, 0.29) is 18.6 Å². The molecule has 0 aliphatic carbocycles. The van der Waals surface area contributed by atoms with Gasteiger partial charge in [-0.05, 0) is 27.7 Å². The number of ether oxygens (including phenoxy) is 1. The Bertz CT molecular complexity index is 266. The number of aliphatic carboxylic acids is 1. The van der Waals surface area contributed by atoms with E-state index in [9.17, 15) is 9.59 Å². The van der Waals surface area contributed by atoms with Gasteiger partial charge in [-0.1, -0.05) is 0 Å². The summed E-state index contributed by atoms with van der Waals surface area (Å²) in [5.74, 6) is -0.944. The summed E-state index contributed by atoms with van der Waals surface area (Å²) in [5, 5.41) is 14.0. The first-order valence-corrected chi connectivity index (χ1v) is 5.65. The van der Waals surface area contributed by atoms with Crippen LogP contribution in [0.5, 0.6) is 0 Å². The summed E-state index contributed by atoms with van der Waals surface area (Å²) in [6.07, 6.45) is 0. The molecule has 0 aromatic heterocycles. The zero-order valence-corrected chi connectivity index (χ0v) is 10.9. The van der Waals surface area contributed by atoms with E-state index < -0.39 is 11.4 Å². The third-order valence-corrected chi connectivity index (χ3v) is 2.22. The molecule has 0 aromatic carbocycles. The van der Waals surface area contributed by atoms with Gasteiger partial charge in [0.1, 0.15) is 0 Å². The molecular formula is C11H22N2O4. The van der Waals surface area contributed by atoms with E-state index in [1.54, 1.807) is 13.8 Å². The number of amides is 2. The highest BCUT2D eigenvalue weighted by molar-refractivity contribution is 5.77. The van der Waals surface area contributed by atoms with E-state index >= 15 is 0 Å². The Morgan fingerprint density at radius 1 is 1.41 bits per heavy atom. The van der Waals surface area contributed by atoms with Gasteiger partial charge in [-0.2, -0.15) is 0 Å². The highest BCUT2D eigenvalue weighted by atomic mass is 16.5. The van der Waals surface area contributed by atoms with E-state index in [2.05, 4.69) is 10.6 Å². The predicted octanol–water partition coefficient (Wildman–Crippen LogP) is 0.821. The van der Waals surface area contributed by atoms with Crippen molar-refractivity contribution >= 4 is 12.0 Å². The Kier molecular flexibility index (Phi) is 6.57. The fourth-order valence-electron chi connectivity index (χ4n) is 0.988. The van der Waals surface area contributed by atoms with E-state index in [1.165, 1.54) is 0 Å². The van der Waals surface area contributed by atoms with Crippen LogP contribution in [0, 0.1) is 5.41 Å². The van der Waals surface area contributed by atoms with E-state index in [0.717, 1.165) is 0 Å². The number of rotatable bonds is 7.